The second kappa shape index (κ2) is 7.49. The van der Waals surface area contributed by atoms with Crippen molar-refractivity contribution >= 4 is 6.09 Å². The fourth-order valence-corrected chi connectivity index (χ4v) is 1.32. The molecule has 0 aliphatic rings. The smallest absolute Gasteiger partial charge is 0.407 e. The Morgan fingerprint density at radius 1 is 1.38 bits per heavy atom. The number of nitrogens with one attached hydrogen (secondary N) is 1. The first-order valence-electron chi connectivity index (χ1n) is 5.87. The summed E-state index contributed by atoms with van der Waals surface area (Å²) in [5.41, 5.74) is -0.452. The molecule has 0 rings (SSSR count). The zero-order valence-corrected chi connectivity index (χ0v) is 11.1. The van der Waals surface area contributed by atoms with E-state index in [0.29, 0.717) is 6.61 Å². The fourth-order valence-electron chi connectivity index (χ4n) is 1.32. The third kappa shape index (κ3) is 8.53. The number of carbonyl (C=O) groups is 1. The second-order valence-electron chi connectivity index (χ2n) is 4.94. The lowest BCUT2D eigenvalue weighted by atomic mass is 10.1. The number of hydrogen-bond acceptors (Lipinski definition) is 3. The van der Waals surface area contributed by atoms with Gasteiger partial charge in [0.1, 0.15) is 5.60 Å². The van der Waals surface area contributed by atoms with Crippen molar-refractivity contribution in [2.75, 3.05) is 13.7 Å². The molecular weight excluding hydrogens is 206 g/mol. The molecule has 0 spiro atoms. The van der Waals surface area contributed by atoms with E-state index in [1.54, 1.807) is 7.11 Å². The van der Waals surface area contributed by atoms with E-state index in [9.17, 15) is 4.79 Å². The molecule has 96 valence electrons. The lowest BCUT2D eigenvalue weighted by Crippen LogP contribution is -2.41. The van der Waals surface area contributed by atoms with E-state index in [4.69, 9.17) is 9.47 Å². The van der Waals surface area contributed by atoms with Crippen molar-refractivity contribution in [1.29, 1.82) is 0 Å². The van der Waals surface area contributed by atoms with Crippen LogP contribution in [0.15, 0.2) is 0 Å². The van der Waals surface area contributed by atoms with Gasteiger partial charge in [0.25, 0.3) is 0 Å². The summed E-state index contributed by atoms with van der Waals surface area (Å²) in [6.45, 7) is 8.20. The van der Waals surface area contributed by atoms with Gasteiger partial charge in [-0.1, -0.05) is 19.8 Å². The molecule has 0 aromatic heterocycles. The van der Waals surface area contributed by atoms with Crippen LogP contribution in [0, 0.1) is 0 Å². The molecule has 0 bridgehead atoms. The lowest BCUT2D eigenvalue weighted by molar-refractivity contribution is 0.0463. The van der Waals surface area contributed by atoms with Crippen molar-refractivity contribution in [3.05, 3.63) is 0 Å². The molecule has 0 saturated heterocycles. The van der Waals surface area contributed by atoms with Crippen molar-refractivity contribution in [3.63, 3.8) is 0 Å². The van der Waals surface area contributed by atoms with Crippen LogP contribution in [0.2, 0.25) is 0 Å². The first kappa shape index (κ1) is 15.2. The normalized spacial score (nSPS) is 13.3. The first-order chi connectivity index (χ1) is 7.39. The minimum Gasteiger partial charge on any atom is -0.444 e. The number of ether oxygens (including phenoxy) is 2. The minimum absolute atomic E-state index is 0.0415. The third-order valence-electron chi connectivity index (χ3n) is 1.99. The van der Waals surface area contributed by atoms with E-state index >= 15 is 0 Å². The zero-order chi connectivity index (χ0) is 12.6. The Bertz CT molecular complexity index is 199. The largest absolute Gasteiger partial charge is 0.444 e. The highest BCUT2D eigenvalue weighted by Crippen LogP contribution is 2.08. The van der Waals surface area contributed by atoms with Crippen LogP contribution in [-0.4, -0.2) is 31.5 Å². The second-order valence-corrected chi connectivity index (χ2v) is 4.94. The summed E-state index contributed by atoms with van der Waals surface area (Å²) in [5, 5.41) is 2.82. The molecule has 0 fully saturated rings. The van der Waals surface area contributed by atoms with Gasteiger partial charge >= 0.3 is 6.09 Å². The number of alkyl carbamates (subject to hydrolysis) is 1. The van der Waals surface area contributed by atoms with Crippen LogP contribution >= 0.6 is 0 Å². The molecule has 4 heteroatoms. The van der Waals surface area contributed by atoms with Gasteiger partial charge in [0.2, 0.25) is 0 Å². The number of unbranched alkanes of at least 4 members (excludes halogenated alkanes) is 1. The highest BCUT2D eigenvalue weighted by molar-refractivity contribution is 5.68. The molecule has 1 amide bonds. The Labute approximate surface area is 98.7 Å². The molecular formula is C12H25NO3. The monoisotopic (exact) mass is 231 g/mol. The summed E-state index contributed by atoms with van der Waals surface area (Å²) < 4.78 is 10.3. The molecule has 0 aromatic carbocycles. The van der Waals surface area contributed by atoms with E-state index in [-0.39, 0.29) is 12.1 Å². The predicted octanol–water partition coefficient (Wildman–Crippen LogP) is 2.72. The summed E-state index contributed by atoms with van der Waals surface area (Å²) in [7, 11) is 1.63. The topological polar surface area (TPSA) is 47.6 Å². The lowest BCUT2D eigenvalue weighted by Gasteiger charge is -2.23. The number of hydrogen-bond donors (Lipinski definition) is 1. The van der Waals surface area contributed by atoms with Gasteiger partial charge in [0.05, 0.1) is 12.6 Å². The quantitative estimate of drug-likeness (QED) is 0.764. The highest BCUT2D eigenvalue weighted by atomic mass is 16.6. The van der Waals surface area contributed by atoms with Gasteiger partial charge in [0, 0.05) is 7.11 Å². The molecule has 0 heterocycles. The predicted molar refractivity (Wildman–Crippen MR) is 64.6 cm³/mol. The molecule has 16 heavy (non-hydrogen) atoms. The van der Waals surface area contributed by atoms with Crippen molar-refractivity contribution in [1.82, 2.24) is 5.32 Å². The number of amides is 1. The maximum absolute atomic E-state index is 11.5. The molecule has 1 N–H and O–H groups in total. The Balaban J connectivity index is 4.02. The summed E-state index contributed by atoms with van der Waals surface area (Å²) in [5.74, 6) is 0. The number of rotatable bonds is 6. The van der Waals surface area contributed by atoms with Gasteiger partial charge in [-0.15, -0.1) is 0 Å². The maximum atomic E-state index is 11.5. The zero-order valence-electron chi connectivity index (χ0n) is 11.1. The van der Waals surface area contributed by atoms with Crippen LogP contribution in [0.5, 0.6) is 0 Å². The van der Waals surface area contributed by atoms with Crippen LogP contribution in [0.1, 0.15) is 47.0 Å². The highest BCUT2D eigenvalue weighted by Gasteiger charge is 2.19. The Kier molecular flexibility index (Phi) is 7.13. The van der Waals surface area contributed by atoms with Gasteiger partial charge in [-0.05, 0) is 27.2 Å². The average Bonchev–Trinajstić information content (AvgIpc) is 2.11. The molecule has 1 unspecified atom stereocenters. The molecule has 0 radical (unpaired) electrons. The molecule has 4 nitrogen and oxygen atoms in total. The van der Waals surface area contributed by atoms with Crippen molar-refractivity contribution in [2.45, 2.75) is 58.6 Å². The Morgan fingerprint density at radius 2 is 2.00 bits per heavy atom. The standard InChI is InChI=1S/C12H25NO3/c1-6-7-8-10(9-15-5)13-11(14)16-12(2,3)4/h10H,6-9H2,1-5H3,(H,13,14). The molecule has 0 aromatic rings. The van der Waals surface area contributed by atoms with Crippen molar-refractivity contribution in [2.24, 2.45) is 0 Å². The van der Waals surface area contributed by atoms with Gasteiger partial charge in [-0.2, -0.15) is 0 Å². The van der Waals surface area contributed by atoms with Crippen LogP contribution in [0.4, 0.5) is 4.79 Å². The van der Waals surface area contributed by atoms with Gasteiger partial charge in [0.15, 0.2) is 0 Å². The average molecular weight is 231 g/mol. The van der Waals surface area contributed by atoms with Crippen LogP contribution in [0.25, 0.3) is 0 Å². The molecule has 0 aliphatic carbocycles. The number of carbonyl (C=O) groups excluding carboxylic acids is 1. The third-order valence-corrected chi connectivity index (χ3v) is 1.99. The first-order valence-corrected chi connectivity index (χ1v) is 5.87. The van der Waals surface area contributed by atoms with Crippen molar-refractivity contribution < 1.29 is 14.3 Å². The van der Waals surface area contributed by atoms with E-state index in [1.807, 2.05) is 20.8 Å². The Morgan fingerprint density at radius 3 is 2.44 bits per heavy atom. The van der Waals surface area contributed by atoms with E-state index < -0.39 is 5.60 Å². The van der Waals surface area contributed by atoms with E-state index in [0.717, 1.165) is 19.3 Å². The summed E-state index contributed by atoms with van der Waals surface area (Å²) in [6, 6.07) is 0.0415. The summed E-state index contributed by atoms with van der Waals surface area (Å²) in [4.78, 5) is 11.5. The van der Waals surface area contributed by atoms with Crippen LogP contribution in [0.3, 0.4) is 0 Å². The van der Waals surface area contributed by atoms with E-state index in [1.165, 1.54) is 0 Å². The van der Waals surface area contributed by atoms with Gasteiger partial charge in [-0.25, -0.2) is 4.79 Å². The van der Waals surface area contributed by atoms with Gasteiger partial charge in [-0.3, -0.25) is 0 Å². The molecule has 1 atom stereocenters. The molecule has 0 aliphatic heterocycles. The van der Waals surface area contributed by atoms with Gasteiger partial charge < -0.3 is 14.8 Å². The summed E-state index contributed by atoms with van der Waals surface area (Å²) >= 11 is 0. The van der Waals surface area contributed by atoms with E-state index in [2.05, 4.69) is 12.2 Å². The van der Waals surface area contributed by atoms with Crippen LogP contribution < -0.4 is 5.32 Å². The van der Waals surface area contributed by atoms with Crippen molar-refractivity contribution in [3.8, 4) is 0 Å². The van der Waals surface area contributed by atoms with Crippen LogP contribution in [-0.2, 0) is 9.47 Å². The minimum atomic E-state index is -0.452. The molecule has 0 saturated carbocycles. The Hall–Kier alpha value is -0.770. The summed E-state index contributed by atoms with van der Waals surface area (Å²) in [6.07, 6.45) is 2.73. The maximum Gasteiger partial charge on any atom is 0.407 e. The number of methoxy groups -OCH3 is 1. The SMILES string of the molecule is CCCCC(COC)NC(=O)OC(C)(C)C. The fraction of sp³-hybridized carbons (Fsp3) is 0.917.